The molecule has 0 saturated carbocycles. The summed E-state index contributed by atoms with van der Waals surface area (Å²) in [5.74, 6) is 1.02. The summed E-state index contributed by atoms with van der Waals surface area (Å²) in [4.78, 5) is 0. The summed E-state index contributed by atoms with van der Waals surface area (Å²) in [5.41, 5.74) is 2.27. The van der Waals surface area contributed by atoms with Crippen molar-refractivity contribution >= 4 is 32.9 Å². The fourth-order valence-electron chi connectivity index (χ4n) is 4.59. The van der Waals surface area contributed by atoms with Crippen LogP contribution in [-0.2, 0) is 0 Å². The standard InChI is InChI=1S/C14H9O.3C4H9.Sn/c1-2-6-11(7-3-1)14-10-12-8-4-5-9-13(12)15-14;3*1-3-4-2;/h1-7,9-10H;3*1,3-4H2,2H3;. The average molecular weight is 483 g/mol. The number of rotatable bonds is 11. The quantitative estimate of drug-likeness (QED) is 0.251. The van der Waals surface area contributed by atoms with Gasteiger partial charge in [0.2, 0.25) is 0 Å². The molecule has 0 radical (unpaired) electrons. The zero-order valence-electron chi connectivity index (χ0n) is 18.0. The number of hydrogen-bond donors (Lipinski definition) is 0. The van der Waals surface area contributed by atoms with Gasteiger partial charge in [0.05, 0.1) is 0 Å². The summed E-state index contributed by atoms with van der Waals surface area (Å²) < 4.78 is 12.6. The molecule has 0 saturated heterocycles. The number of fused-ring (bicyclic) bond motifs is 1. The Labute approximate surface area is 175 Å². The van der Waals surface area contributed by atoms with Gasteiger partial charge in [-0.2, -0.15) is 0 Å². The molecule has 150 valence electrons. The molecule has 0 unspecified atom stereocenters. The van der Waals surface area contributed by atoms with Gasteiger partial charge in [0, 0.05) is 0 Å². The molecule has 0 aliphatic rings. The second kappa shape index (κ2) is 10.5. The van der Waals surface area contributed by atoms with Crippen LogP contribution in [0.3, 0.4) is 0 Å². The fraction of sp³-hybridized carbons (Fsp3) is 0.462. The third-order valence-corrected chi connectivity index (χ3v) is 21.9. The van der Waals surface area contributed by atoms with Crippen LogP contribution in [-0.4, -0.2) is 18.4 Å². The van der Waals surface area contributed by atoms with Crippen molar-refractivity contribution in [1.82, 2.24) is 0 Å². The molecule has 28 heavy (non-hydrogen) atoms. The second-order valence-corrected chi connectivity index (χ2v) is 21.4. The zero-order chi connectivity index (χ0) is 19.8. The molecule has 0 atom stereocenters. The van der Waals surface area contributed by atoms with Gasteiger partial charge in [0.1, 0.15) is 0 Å². The summed E-state index contributed by atoms with van der Waals surface area (Å²) >= 11 is -2.48. The topological polar surface area (TPSA) is 13.1 Å². The average Bonchev–Trinajstić information content (AvgIpc) is 3.19. The molecule has 1 heterocycles. The van der Waals surface area contributed by atoms with Crippen LogP contribution in [0.15, 0.2) is 59.0 Å². The Morgan fingerprint density at radius 3 is 1.89 bits per heavy atom. The van der Waals surface area contributed by atoms with E-state index in [2.05, 4.69) is 75.4 Å². The van der Waals surface area contributed by atoms with E-state index < -0.39 is 18.4 Å². The Balaban J connectivity index is 2.10. The van der Waals surface area contributed by atoms with E-state index in [0.717, 1.165) is 11.3 Å². The van der Waals surface area contributed by atoms with Crippen molar-refractivity contribution in [3.63, 3.8) is 0 Å². The minimum absolute atomic E-state index is 1.02. The SMILES string of the molecule is CCC[CH2][Sn]([CH2]CCC)([CH2]CCC)[c]1cccc2oc(-c3ccccc3)cc12. The Morgan fingerprint density at radius 2 is 1.32 bits per heavy atom. The monoisotopic (exact) mass is 484 g/mol. The number of unbranched alkanes of at least 4 members (excludes halogenated alkanes) is 3. The molecular weight excluding hydrogens is 447 g/mol. The second-order valence-electron chi connectivity index (χ2n) is 8.29. The Morgan fingerprint density at radius 1 is 0.714 bits per heavy atom. The van der Waals surface area contributed by atoms with E-state index in [1.807, 2.05) is 0 Å². The first kappa shape index (κ1) is 21.5. The minimum atomic E-state index is -2.48. The third-order valence-electron chi connectivity index (χ3n) is 6.22. The van der Waals surface area contributed by atoms with Crippen LogP contribution in [0, 0.1) is 0 Å². The van der Waals surface area contributed by atoms with Gasteiger partial charge in [0.15, 0.2) is 0 Å². The van der Waals surface area contributed by atoms with Crippen LogP contribution in [0.4, 0.5) is 0 Å². The van der Waals surface area contributed by atoms with Crippen LogP contribution >= 0.6 is 0 Å². The fourth-order valence-corrected chi connectivity index (χ4v) is 21.3. The Bertz CT molecular complexity index is 827. The van der Waals surface area contributed by atoms with Gasteiger partial charge in [0.25, 0.3) is 0 Å². The van der Waals surface area contributed by atoms with Crippen molar-refractivity contribution in [3.05, 3.63) is 54.6 Å². The van der Waals surface area contributed by atoms with Gasteiger partial charge < -0.3 is 0 Å². The van der Waals surface area contributed by atoms with Crippen molar-refractivity contribution in [3.8, 4) is 11.3 Å². The van der Waals surface area contributed by atoms with Crippen molar-refractivity contribution in [2.75, 3.05) is 0 Å². The van der Waals surface area contributed by atoms with Crippen molar-refractivity contribution in [1.29, 1.82) is 0 Å². The summed E-state index contributed by atoms with van der Waals surface area (Å²) in [5, 5.41) is 1.42. The van der Waals surface area contributed by atoms with E-state index >= 15 is 0 Å². The van der Waals surface area contributed by atoms with E-state index in [1.165, 1.54) is 62.8 Å². The maximum atomic E-state index is 6.34. The molecule has 2 heteroatoms. The molecule has 1 aromatic heterocycles. The first-order valence-corrected chi connectivity index (χ1v) is 18.8. The van der Waals surface area contributed by atoms with E-state index in [-0.39, 0.29) is 0 Å². The molecular formula is C26H36OSn. The maximum absolute atomic E-state index is 6.34. The van der Waals surface area contributed by atoms with E-state index in [1.54, 1.807) is 3.58 Å². The molecule has 0 amide bonds. The number of furan rings is 1. The van der Waals surface area contributed by atoms with Gasteiger partial charge in [-0.3, -0.25) is 0 Å². The third kappa shape index (κ3) is 4.84. The molecule has 0 aliphatic carbocycles. The first-order chi connectivity index (χ1) is 13.7. The number of benzene rings is 2. The van der Waals surface area contributed by atoms with E-state index in [9.17, 15) is 0 Å². The van der Waals surface area contributed by atoms with Crippen LogP contribution in [0.25, 0.3) is 22.3 Å². The normalized spacial score (nSPS) is 12.0. The van der Waals surface area contributed by atoms with Crippen molar-refractivity contribution in [2.24, 2.45) is 0 Å². The summed E-state index contributed by atoms with van der Waals surface area (Å²) in [6, 6.07) is 19.8. The number of hydrogen-bond acceptors (Lipinski definition) is 1. The van der Waals surface area contributed by atoms with Gasteiger partial charge in [-0.1, -0.05) is 0 Å². The predicted octanol–water partition coefficient (Wildman–Crippen LogP) is 8.16. The van der Waals surface area contributed by atoms with Crippen LogP contribution in [0.5, 0.6) is 0 Å². The summed E-state index contributed by atoms with van der Waals surface area (Å²) in [6.45, 7) is 7.05. The van der Waals surface area contributed by atoms with Gasteiger partial charge >= 0.3 is 176 Å². The molecule has 2 aromatic carbocycles. The molecule has 0 aliphatic heterocycles. The van der Waals surface area contributed by atoms with E-state index in [0.29, 0.717) is 0 Å². The predicted molar refractivity (Wildman–Crippen MR) is 126 cm³/mol. The summed E-state index contributed by atoms with van der Waals surface area (Å²) in [7, 11) is 0. The first-order valence-electron chi connectivity index (χ1n) is 11.3. The molecule has 0 N–H and O–H groups in total. The Hall–Kier alpha value is -1.22. The molecule has 0 spiro atoms. The molecule has 0 fully saturated rings. The molecule has 3 aromatic rings. The molecule has 0 bridgehead atoms. The van der Waals surface area contributed by atoms with E-state index in [4.69, 9.17) is 4.42 Å². The van der Waals surface area contributed by atoms with Crippen LogP contribution in [0.2, 0.25) is 13.3 Å². The van der Waals surface area contributed by atoms with Crippen molar-refractivity contribution in [2.45, 2.75) is 72.6 Å². The molecule has 3 rings (SSSR count). The molecule has 1 nitrogen and oxygen atoms in total. The van der Waals surface area contributed by atoms with Gasteiger partial charge in [-0.25, -0.2) is 0 Å². The summed E-state index contributed by atoms with van der Waals surface area (Å²) in [6.07, 6.45) is 8.12. The van der Waals surface area contributed by atoms with Crippen LogP contribution in [0.1, 0.15) is 59.3 Å². The zero-order valence-corrected chi connectivity index (χ0v) is 20.8. The van der Waals surface area contributed by atoms with Crippen molar-refractivity contribution < 1.29 is 4.42 Å². The van der Waals surface area contributed by atoms with Gasteiger partial charge in [-0.05, 0) is 0 Å². The Kier molecular flexibility index (Phi) is 8.08. The van der Waals surface area contributed by atoms with Gasteiger partial charge in [-0.15, -0.1) is 0 Å². The van der Waals surface area contributed by atoms with Crippen LogP contribution < -0.4 is 3.58 Å².